The van der Waals surface area contributed by atoms with Crippen LogP contribution in [0.4, 0.5) is 0 Å². The third-order valence-electron chi connectivity index (χ3n) is 3.50. The van der Waals surface area contributed by atoms with E-state index in [4.69, 9.17) is 4.74 Å². The van der Waals surface area contributed by atoms with Gasteiger partial charge in [0, 0.05) is 5.56 Å². The van der Waals surface area contributed by atoms with Crippen LogP contribution in [0.1, 0.15) is 25.5 Å². The fourth-order valence-electron chi connectivity index (χ4n) is 2.29. The van der Waals surface area contributed by atoms with Crippen molar-refractivity contribution in [3.05, 3.63) is 29.8 Å². The lowest BCUT2D eigenvalue weighted by Gasteiger charge is -2.46. The molecule has 0 bridgehead atoms. The van der Waals surface area contributed by atoms with E-state index in [1.807, 2.05) is 0 Å². The van der Waals surface area contributed by atoms with E-state index in [0.29, 0.717) is 5.56 Å². The number of para-hydroxylation sites is 1. The van der Waals surface area contributed by atoms with E-state index >= 15 is 0 Å². The van der Waals surface area contributed by atoms with Gasteiger partial charge in [-0.2, -0.15) is 0 Å². The molecule has 2 rings (SSSR count). The van der Waals surface area contributed by atoms with Crippen molar-refractivity contribution >= 4 is 0 Å². The minimum atomic E-state index is -1.68. The van der Waals surface area contributed by atoms with Gasteiger partial charge in [-0.3, -0.25) is 0 Å². The van der Waals surface area contributed by atoms with Crippen molar-refractivity contribution in [3.63, 3.8) is 0 Å². The Labute approximate surface area is 105 Å². The maximum Gasteiger partial charge on any atom is 0.121 e. The molecule has 1 fully saturated rings. The molecule has 0 aliphatic carbocycles. The standard InChI is InChI=1S/C13H18O5/c1-7-10(15)11(16)13(2,17)12(18-7)8-5-3-4-6-9(8)14/h3-7,10-12,14-17H,1-2H3/t7-,10-,11+,12?,13+/m0/s1. The zero-order chi connectivity index (χ0) is 13.5. The fourth-order valence-corrected chi connectivity index (χ4v) is 2.29. The van der Waals surface area contributed by atoms with Gasteiger partial charge in [0.25, 0.3) is 0 Å². The Balaban J connectivity index is 2.41. The Kier molecular flexibility index (Phi) is 3.33. The number of aliphatic hydroxyl groups excluding tert-OH is 2. The highest BCUT2D eigenvalue weighted by Gasteiger charge is 2.51. The summed E-state index contributed by atoms with van der Waals surface area (Å²) >= 11 is 0. The van der Waals surface area contributed by atoms with E-state index in [9.17, 15) is 20.4 Å². The molecule has 0 aromatic heterocycles. The Morgan fingerprint density at radius 3 is 2.44 bits per heavy atom. The molecule has 0 spiro atoms. The molecular weight excluding hydrogens is 236 g/mol. The van der Waals surface area contributed by atoms with Crippen LogP contribution in [0.2, 0.25) is 0 Å². The lowest BCUT2D eigenvalue weighted by Crippen LogP contribution is -2.60. The van der Waals surface area contributed by atoms with Crippen molar-refractivity contribution in [2.75, 3.05) is 0 Å². The second-order valence-corrected chi connectivity index (χ2v) is 4.94. The summed E-state index contributed by atoms with van der Waals surface area (Å²) in [5, 5.41) is 39.8. The summed E-state index contributed by atoms with van der Waals surface area (Å²) in [5.41, 5.74) is -1.29. The van der Waals surface area contributed by atoms with Crippen LogP contribution < -0.4 is 0 Å². The maximum atomic E-state index is 10.3. The Morgan fingerprint density at radius 1 is 1.22 bits per heavy atom. The smallest absolute Gasteiger partial charge is 0.121 e. The van der Waals surface area contributed by atoms with Gasteiger partial charge in [-0.1, -0.05) is 18.2 Å². The lowest BCUT2D eigenvalue weighted by molar-refractivity contribution is -0.262. The molecule has 0 amide bonds. The highest BCUT2D eigenvalue weighted by atomic mass is 16.5. The number of rotatable bonds is 1. The first-order valence-corrected chi connectivity index (χ1v) is 5.87. The first-order chi connectivity index (χ1) is 8.35. The average Bonchev–Trinajstić information content (AvgIpc) is 2.33. The monoisotopic (exact) mass is 254 g/mol. The molecule has 1 aliphatic rings. The predicted octanol–water partition coefficient (Wildman–Crippen LogP) is 0.325. The van der Waals surface area contributed by atoms with Crippen molar-refractivity contribution in [1.82, 2.24) is 0 Å². The number of benzene rings is 1. The van der Waals surface area contributed by atoms with E-state index in [2.05, 4.69) is 0 Å². The molecule has 0 saturated carbocycles. The molecular formula is C13H18O5. The van der Waals surface area contributed by atoms with E-state index < -0.39 is 30.0 Å². The molecule has 100 valence electrons. The van der Waals surface area contributed by atoms with Crippen LogP contribution in [-0.2, 0) is 4.74 Å². The summed E-state index contributed by atoms with van der Waals surface area (Å²) in [4.78, 5) is 0. The minimum Gasteiger partial charge on any atom is -0.508 e. The number of hydrogen-bond acceptors (Lipinski definition) is 5. The van der Waals surface area contributed by atoms with Crippen molar-refractivity contribution in [3.8, 4) is 5.75 Å². The van der Waals surface area contributed by atoms with Crippen LogP contribution in [0.15, 0.2) is 24.3 Å². The van der Waals surface area contributed by atoms with Gasteiger partial charge in [-0.15, -0.1) is 0 Å². The second-order valence-electron chi connectivity index (χ2n) is 4.94. The third kappa shape index (κ3) is 1.99. The summed E-state index contributed by atoms with van der Waals surface area (Å²) in [6.45, 7) is 2.99. The van der Waals surface area contributed by atoms with E-state index in [0.717, 1.165) is 0 Å². The van der Waals surface area contributed by atoms with Crippen molar-refractivity contribution in [1.29, 1.82) is 0 Å². The van der Waals surface area contributed by atoms with Crippen molar-refractivity contribution in [2.45, 2.75) is 43.9 Å². The summed E-state index contributed by atoms with van der Waals surface area (Å²) < 4.78 is 5.53. The number of phenols is 1. The largest absolute Gasteiger partial charge is 0.508 e. The molecule has 5 atom stereocenters. The summed E-state index contributed by atoms with van der Waals surface area (Å²) in [6, 6.07) is 6.46. The zero-order valence-electron chi connectivity index (χ0n) is 10.3. The summed E-state index contributed by atoms with van der Waals surface area (Å²) in [6.07, 6.45) is -4.04. The van der Waals surface area contributed by atoms with Crippen LogP contribution in [0.25, 0.3) is 0 Å². The van der Waals surface area contributed by atoms with Gasteiger partial charge in [0.05, 0.1) is 6.10 Å². The first kappa shape index (κ1) is 13.3. The van der Waals surface area contributed by atoms with Gasteiger partial charge < -0.3 is 25.2 Å². The number of aromatic hydroxyl groups is 1. The normalized spacial score (nSPS) is 40.7. The van der Waals surface area contributed by atoms with Crippen LogP contribution in [0.5, 0.6) is 5.75 Å². The topological polar surface area (TPSA) is 90.2 Å². The molecule has 1 heterocycles. The molecule has 1 unspecified atom stereocenters. The number of aliphatic hydroxyl groups is 3. The zero-order valence-corrected chi connectivity index (χ0v) is 10.3. The molecule has 1 saturated heterocycles. The molecule has 5 nitrogen and oxygen atoms in total. The molecule has 1 aromatic rings. The van der Waals surface area contributed by atoms with Gasteiger partial charge in [0.1, 0.15) is 29.7 Å². The molecule has 18 heavy (non-hydrogen) atoms. The van der Waals surface area contributed by atoms with E-state index in [1.165, 1.54) is 13.0 Å². The van der Waals surface area contributed by atoms with Crippen LogP contribution in [0.3, 0.4) is 0 Å². The Bertz CT molecular complexity index is 431. The molecule has 4 N–H and O–H groups in total. The van der Waals surface area contributed by atoms with Gasteiger partial charge in [0.2, 0.25) is 0 Å². The summed E-state index contributed by atoms with van der Waals surface area (Å²) in [7, 11) is 0. The average molecular weight is 254 g/mol. The lowest BCUT2D eigenvalue weighted by atomic mass is 9.81. The molecule has 5 heteroatoms. The Morgan fingerprint density at radius 2 is 1.83 bits per heavy atom. The van der Waals surface area contributed by atoms with Crippen molar-refractivity contribution in [2.24, 2.45) is 0 Å². The van der Waals surface area contributed by atoms with Gasteiger partial charge >= 0.3 is 0 Å². The molecule has 1 aliphatic heterocycles. The predicted molar refractivity (Wildman–Crippen MR) is 64.0 cm³/mol. The van der Waals surface area contributed by atoms with E-state index in [1.54, 1.807) is 25.1 Å². The van der Waals surface area contributed by atoms with Gasteiger partial charge in [0.15, 0.2) is 0 Å². The maximum absolute atomic E-state index is 10.3. The van der Waals surface area contributed by atoms with Crippen LogP contribution >= 0.6 is 0 Å². The van der Waals surface area contributed by atoms with Crippen LogP contribution in [-0.4, -0.2) is 44.3 Å². The third-order valence-corrected chi connectivity index (χ3v) is 3.50. The van der Waals surface area contributed by atoms with Crippen LogP contribution in [0, 0.1) is 0 Å². The van der Waals surface area contributed by atoms with Gasteiger partial charge in [-0.25, -0.2) is 0 Å². The second kappa shape index (κ2) is 4.51. The highest BCUT2D eigenvalue weighted by Crippen LogP contribution is 2.42. The fraction of sp³-hybridized carbons (Fsp3) is 0.538. The minimum absolute atomic E-state index is 0.0152. The highest BCUT2D eigenvalue weighted by molar-refractivity contribution is 5.36. The quantitative estimate of drug-likeness (QED) is 0.579. The van der Waals surface area contributed by atoms with E-state index in [-0.39, 0.29) is 5.75 Å². The van der Waals surface area contributed by atoms with Crippen molar-refractivity contribution < 1.29 is 25.2 Å². The Hall–Kier alpha value is -1.14. The number of ether oxygens (including phenoxy) is 1. The van der Waals surface area contributed by atoms with Gasteiger partial charge in [-0.05, 0) is 19.9 Å². The molecule has 0 radical (unpaired) electrons. The summed E-state index contributed by atoms with van der Waals surface area (Å²) in [5.74, 6) is -0.0152. The SMILES string of the molecule is C[C@@H]1OC(c2ccccc2O)[C@](C)(O)[C@H](O)[C@H]1O. The number of hydrogen-bond donors (Lipinski definition) is 4. The first-order valence-electron chi connectivity index (χ1n) is 5.87. The number of phenolic OH excluding ortho intramolecular Hbond substituents is 1. The molecule has 1 aromatic carbocycles.